The predicted octanol–water partition coefficient (Wildman–Crippen LogP) is 3.12. The molecule has 0 heterocycles. The van der Waals surface area contributed by atoms with Crippen LogP contribution in [0.1, 0.15) is 6.42 Å². The molecule has 0 N–H and O–H groups in total. The third-order valence-corrected chi connectivity index (χ3v) is 11.2. The van der Waals surface area contributed by atoms with Crippen molar-refractivity contribution in [1.29, 1.82) is 0 Å². The van der Waals surface area contributed by atoms with Crippen molar-refractivity contribution in [3.63, 3.8) is 0 Å². The molecule has 2 bridgehead atoms. The van der Waals surface area contributed by atoms with E-state index in [-0.39, 0.29) is 33.5 Å². The monoisotopic (exact) mass is 400 g/mol. The van der Waals surface area contributed by atoms with E-state index in [1.54, 1.807) is 60.7 Å². The smallest absolute Gasteiger partial charge is 0.182 e. The van der Waals surface area contributed by atoms with Crippen LogP contribution >= 0.6 is 0 Å². The van der Waals surface area contributed by atoms with Gasteiger partial charge in [-0.15, -0.1) is 0 Å². The highest BCUT2D eigenvalue weighted by Crippen LogP contribution is 2.63. The van der Waals surface area contributed by atoms with Crippen molar-refractivity contribution in [2.75, 3.05) is 0 Å². The van der Waals surface area contributed by atoms with Crippen molar-refractivity contribution in [2.45, 2.75) is 26.7 Å². The highest BCUT2D eigenvalue weighted by molar-refractivity contribution is 7.96. The van der Waals surface area contributed by atoms with E-state index in [2.05, 4.69) is 12.2 Å². The van der Waals surface area contributed by atoms with Gasteiger partial charge in [0.05, 0.1) is 20.3 Å². The predicted molar refractivity (Wildman–Crippen MR) is 103 cm³/mol. The molecule has 140 valence electrons. The Hall–Kier alpha value is -1.92. The molecule has 2 aromatic carbocycles. The van der Waals surface area contributed by atoms with E-state index in [1.165, 1.54) is 0 Å². The molecule has 3 aliphatic rings. The molecule has 0 amide bonds. The van der Waals surface area contributed by atoms with Crippen LogP contribution in [0, 0.1) is 23.7 Å². The van der Waals surface area contributed by atoms with Crippen LogP contribution in [0.2, 0.25) is 0 Å². The molecule has 5 rings (SSSR count). The molecule has 6 atom stereocenters. The van der Waals surface area contributed by atoms with Crippen LogP contribution in [0.3, 0.4) is 0 Å². The van der Waals surface area contributed by atoms with E-state index in [4.69, 9.17) is 0 Å². The van der Waals surface area contributed by atoms with Gasteiger partial charge in [-0.25, -0.2) is 16.8 Å². The zero-order valence-corrected chi connectivity index (χ0v) is 16.2. The molecule has 3 aliphatic carbocycles. The first kappa shape index (κ1) is 17.2. The molecule has 0 aromatic heterocycles. The molecule has 0 aliphatic heterocycles. The number of allylic oxidation sites excluding steroid dienone is 2. The Labute approximate surface area is 159 Å². The summed E-state index contributed by atoms with van der Waals surface area (Å²) in [6, 6.07) is 16.5. The van der Waals surface area contributed by atoms with E-state index in [0.29, 0.717) is 0 Å². The topological polar surface area (TPSA) is 68.3 Å². The fourth-order valence-corrected chi connectivity index (χ4v) is 10.7. The van der Waals surface area contributed by atoms with Crippen molar-refractivity contribution in [3.05, 3.63) is 72.8 Å². The summed E-state index contributed by atoms with van der Waals surface area (Å²) in [5, 5.41) is -1.76. The first-order valence-electron chi connectivity index (χ1n) is 9.18. The van der Waals surface area contributed by atoms with Gasteiger partial charge in [0.25, 0.3) is 0 Å². The zero-order valence-electron chi connectivity index (χ0n) is 14.5. The number of rotatable bonds is 4. The number of fused-ring (bicyclic) bond motifs is 5. The molecule has 4 nitrogen and oxygen atoms in total. The van der Waals surface area contributed by atoms with Crippen LogP contribution in [-0.4, -0.2) is 27.3 Å². The lowest BCUT2D eigenvalue weighted by Crippen LogP contribution is -2.63. The van der Waals surface area contributed by atoms with Gasteiger partial charge >= 0.3 is 0 Å². The minimum atomic E-state index is -3.73. The van der Waals surface area contributed by atoms with Crippen molar-refractivity contribution >= 4 is 19.7 Å². The van der Waals surface area contributed by atoms with Gasteiger partial charge in [-0.2, -0.15) is 0 Å². The SMILES string of the molecule is O=S(=O)(c1ccccc1)[C@@H]1[C@H]2[C@H]([C@@H]1S(=O)(=O)c1ccccc1)[C@H]1C=C[C@H]2C1. The van der Waals surface area contributed by atoms with Gasteiger partial charge in [-0.1, -0.05) is 48.6 Å². The summed E-state index contributed by atoms with van der Waals surface area (Å²) in [5.41, 5.74) is 0. The Morgan fingerprint density at radius 1 is 0.593 bits per heavy atom. The van der Waals surface area contributed by atoms with Crippen molar-refractivity contribution in [2.24, 2.45) is 23.7 Å². The third-order valence-electron chi connectivity index (χ3n) is 6.53. The summed E-state index contributed by atoms with van der Waals surface area (Å²) in [6.07, 6.45) is 5.05. The largest absolute Gasteiger partial charge is 0.223 e. The van der Waals surface area contributed by atoms with Crippen molar-refractivity contribution < 1.29 is 16.8 Å². The Morgan fingerprint density at radius 2 is 0.963 bits per heavy atom. The number of hydrogen-bond donors (Lipinski definition) is 0. The van der Waals surface area contributed by atoms with Gasteiger partial charge in [0, 0.05) is 0 Å². The Kier molecular flexibility index (Phi) is 3.69. The zero-order chi connectivity index (χ0) is 18.8. The number of sulfone groups is 2. The van der Waals surface area contributed by atoms with Crippen LogP contribution in [-0.2, 0) is 19.7 Å². The maximum absolute atomic E-state index is 13.4. The Bertz CT molecular complexity index is 1020. The summed E-state index contributed by atoms with van der Waals surface area (Å²) in [7, 11) is -7.46. The van der Waals surface area contributed by atoms with Crippen molar-refractivity contribution in [3.8, 4) is 0 Å². The van der Waals surface area contributed by atoms with E-state index < -0.39 is 30.2 Å². The van der Waals surface area contributed by atoms with E-state index >= 15 is 0 Å². The lowest BCUT2D eigenvalue weighted by atomic mass is 9.67. The summed E-state index contributed by atoms with van der Waals surface area (Å²) in [4.78, 5) is 0.432. The van der Waals surface area contributed by atoms with Crippen LogP contribution < -0.4 is 0 Å². The van der Waals surface area contributed by atoms with Gasteiger partial charge in [0.1, 0.15) is 0 Å². The normalized spacial score (nSPS) is 34.2. The van der Waals surface area contributed by atoms with E-state index in [0.717, 1.165) is 6.42 Å². The molecule has 2 aromatic rings. The maximum atomic E-state index is 13.4. The van der Waals surface area contributed by atoms with Crippen LogP contribution in [0.15, 0.2) is 82.6 Å². The summed E-state index contributed by atoms with van der Waals surface area (Å²) in [6.45, 7) is 0. The fraction of sp³-hybridized carbons (Fsp3) is 0.333. The molecule has 2 fully saturated rings. The van der Waals surface area contributed by atoms with Gasteiger partial charge < -0.3 is 0 Å². The Balaban J connectivity index is 1.64. The van der Waals surface area contributed by atoms with Gasteiger partial charge in [0.15, 0.2) is 19.7 Å². The van der Waals surface area contributed by atoms with Crippen molar-refractivity contribution in [1.82, 2.24) is 0 Å². The molecular weight excluding hydrogens is 380 g/mol. The highest BCUT2D eigenvalue weighted by Gasteiger charge is 2.69. The minimum Gasteiger partial charge on any atom is -0.223 e. The molecule has 0 unspecified atom stereocenters. The Morgan fingerprint density at radius 3 is 1.33 bits per heavy atom. The average molecular weight is 401 g/mol. The van der Waals surface area contributed by atoms with Gasteiger partial charge in [0.2, 0.25) is 0 Å². The first-order chi connectivity index (χ1) is 12.9. The highest BCUT2D eigenvalue weighted by atomic mass is 32.2. The number of hydrogen-bond acceptors (Lipinski definition) is 4. The second kappa shape index (κ2) is 5.79. The summed E-state index contributed by atoms with van der Waals surface area (Å²) in [5.74, 6) is 0.138. The van der Waals surface area contributed by atoms with E-state index in [1.807, 2.05) is 0 Å². The molecule has 2 saturated carbocycles. The third kappa shape index (κ3) is 2.32. The summed E-state index contributed by atoms with van der Waals surface area (Å²) < 4.78 is 53.7. The second-order valence-corrected chi connectivity index (χ2v) is 12.0. The van der Waals surface area contributed by atoms with Gasteiger partial charge in [-0.3, -0.25) is 0 Å². The molecule has 0 spiro atoms. The number of benzene rings is 2. The second-order valence-electron chi connectivity index (χ2n) is 7.75. The first-order valence-corrected chi connectivity index (χ1v) is 12.3. The van der Waals surface area contributed by atoms with Crippen LogP contribution in [0.4, 0.5) is 0 Å². The standard InChI is InChI=1S/C21H20O4S2/c22-26(23,16-7-3-1-4-8-16)20-18-14-11-12-15(13-14)19(18)21(20)27(24,25)17-9-5-2-6-10-17/h1-12,14-15,18-21H,13H2/t14-,15-,18+,19+,20-,21+/m0/s1. The quantitative estimate of drug-likeness (QED) is 0.740. The maximum Gasteiger partial charge on any atom is 0.182 e. The fourth-order valence-electron chi connectivity index (χ4n) is 5.42. The lowest BCUT2D eigenvalue weighted by molar-refractivity contribution is 0.171. The molecule has 0 saturated heterocycles. The van der Waals surface area contributed by atoms with Gasteiger partial charge in [-0.05, 0) is 54.4 Å². The van der Waals surface area contributed by atoms with Crippen LogP contribution in [0.25, 0.3) is 0 Å². The molecule has 27 heavy (non-hydrogen) atoms. The minimum absolute atomic E-state index is 0.103. The summed E-state index contributed by atoms with van der Waals surface area (Å²) >= 11 is 0. The van der Waals surface area contributed by atoms with E-state index in [9.17, 15) is 16.8 Å². The average Bonchev–Trinajstić information content (AvgIpc) is 3.20. The lowest BCUT2D eigenvalue weighted by Gasteiger charge is -2.51. The molecule has 6 heteroatoms. The molecule has 0 radical (unpaired) electrons. The van der Waals surface area contributed by atoms with Crippen LogP contribution in [0.5, 0.6) is 0 Å². The molecular formula is C21H20O4S2.